The van der Waals surface area contributed by atoms with Crippen LogP contribution >= 0.6 is 0 Å². The van der Waals surface area contributed by atoms with Gasteiger partial charge in [0.05, 0.1) is 8.07 Å². The molecular weight excluding hydrogens is 184 g/mol. The molecule has 0 radical (unpaired) electrons. The van der Waals surface area contributed by atoms with Crippen LogP contribution in [0.1, 0.15) is 52.4 Å². The van der Waals surface area contributed by atoms with Gasteiger partial charge < -0.3 is 0 Å². The van der Waals surface area contributed by atoms with Crippen molar-refractivity contribution in [3.63, 3.8) is 0 Å². The standard InChI is InChI=1S/C13H28Si/c1-6-8-9-10-11-13(7-2)12-14(3,4)5/h12H,6-11H2,1-5H3/b13-12-. The summed E-state index contributed by atoms with van der Waals surface area (Å²) in [7, 11) is -0.972. The third kappa shape index (κ3) is 8.55. The molecule has 0 amide bonds. The first-order valence-corrected chi connectivity index (χ1v) is 9.78. The zero-order valence-corrected chi connectivity index (χ0v) is 11.8. The van der Waals surface area contributed by atoms with Crippen LogP contribution < -0.4 is 0 Å². The van der Waals surface area contributed by atoms with Crippen LogP contribution in [0.25, 0.3) is 0 Å². The van der Waals surface area contributed by atoms with Gasteiger partial charge in [0.25, 0.3) is 0 Å². The van der Waals surface area contributed by atoms with Gasteiger partial charge in [-0.1, -0.05) is 64.0 Å². The minimum Gasteiger partial charge on any atom is -0.0958 e. The van der Waals surface area contributed by atoms with Gasteiger partial charge in [0, 0.05) is 0 Å². The van der Waals surface area contributed by atoms with Crippen LogP contribution in [0.2, 0.25) is 19.6 Å². The molecule has 0 nitrogen and oxygen atoms in total. The molecule has 0 fully saturated rings. The highest BCUT2D eigenvalue weighted by molar-refractivity contribution is 6.81. The second-order valence-electron chi connectivity index (χ2n) is 5.33. The van der Waals surface area contributed by atoms with E-state index in [2.05, 4.69) is 39.2 Å². The Hall–Kier alpha value is -0.0431. The molecule has 0 bridgehead atoms. The molecule has 0 aromatic rings. The fourth-order valence-corrected chi connectivity index (χ4v) is 3.32. The molecule has 0 aromatic heterocycles. The van der Waals surface area contributed by atoms with Gasteiger partial charge in [0.2, 0.25) is 0 Å². The minimum atomic E-state index is -0.972. The van der Waals surface area contributed by atoms with E-state index in [1.807, 2.05) is 0 Å². The average Bonchev–Trinajstić information content (AvgIpc) is 2.08. The molecule has 0 rings (SSSR count). The largest absolute Gasteiger partial charge is 0.0958 e. The summed E-state index contributed by atoms with van der Waals surface area (Å²) >= 11 is 0. The van der Waals surface area contributed by atoms with Crippen molar-refractivity contribution in [2.75, 3.05) is 0 Å². The Labute approximate surface area is 91.8 Å². The maximum absolute atomic E-state index is 2.60. The monoisotopic (exact) mass is 212 g/mol. The second kappa shape index (κ2) is 7.28. The summed E-state index contributed by atoms with van der Waals surface area (Å²) in [6.07, 6.45) is 8.18. The number of rotatable bonds is 7. The van der Waals surface area contributed by atoms with Crippen LogP contribution in [-0.4, -0.2) is 8.07 Å². The van der Waals surface area contributed by atoms with E-state index in [0.29, 0.717) is 0 Å². The van der Waals surface area contributed by atoms with Crippen molar-refractivity contribution in [3.8, 4) is 0 Å². The fourth-order valence-electron chi connectivity index (χ4n) is 1.74. The molecule has 14 heavy (non-hydrogen) atoms. The molecule has 0 aliphatic heterocycles. The fraction of sp³-hybridized carbons (Fsp3) is 0.846. The maximum atomic E-state index is 2.60. The highest BCUT2D eigenvalue weighted by Gasteiger charge is 2.09. The summed E-state index contributed by atoms with van der Waals surface area (Å²) in [6, 6.07) is 0. The molecule has 0 heterocycles. The Balaban J connectivity index is 3.85. The van der Waals surface area contributed by atoms with Gasteiger partial charge in [-0.25, -0.2) is 0 Å². The Morgan fingerprint density at radius 1 is 1.00 bits per heavy atom. The lowest BCUT2D eigenvalue weighted by molar-refractivity contribution is 0.658. The topological polar surface area (TPSA) is 0 Å². The van der Waals surface area contributed by atoms with E-state index in [1.54, 1.807) is 5.57 Å². The van der Waals surface area contributed by atoms with Crippen LogP contribution in [0.15, 0.2) is 11.3 Å². The van der Waals surface area contributed by atoms with Crippen molar-refractivity contribution >= 4 is 8.07 Å². The molecule has 0 N–H and O–H groups in total. The summed E-state index contributed by atoms with van der Waals surface area (Å²) in [5.74, 6) is 0. The first kappa shape index (κ1) is 14.0. The Morgan fingerprint density at radius 3 is 2.07 bits per heavy atom. The average molecular weight is 212 g/mol. The molecule has 0 aliphatic carbocycles. The SMILES string of the molecule is CCCCCC/C(=C\[Si](C)(C)C)CC. The zero-order valence-electron chi connectivity index (χ0n) is 10.8. The smallest absolute Gasteiger partial charge is 0.0686 e. The van der Waals surface area contributed by atoms with E-state index in [9.17, 15) is 0 Å². The predicted octanol–water partition coefficient (Wildman–Crippen LogP) is 5.17. The van der Waals surface area contributed by atoms with Crippen molar-refractivity contribution < 1.29 is 0 Å². The van der Waals surface area contributed by atoms with Crippen molar-refractivity contribution in [2.24, 2.45) is 0 Å². The van der Waals surface area contributed by atoms with E-state index in [4.69, 9.17) is 0 Å². The van der Waals surface area contributed by atoms with Gasteiger partial charge in [-0.05, 0) is 19.3 Å². The lowest BCUT2D eigenvalue weighted by Crippen LogP contribution is -2.16. The molecule has 0 aromatic carbocycles. The Morgan fingerprint density at radius 2 is 1.64 bits per heavy atom. The van der Waals surface area contributed by atoms with Gasteiger partial charge in [-0.15, -0.1) is 0 Å². The van der Waals surface area contributed by atoms with Gasteiger partial charge in [0.15, 0.2) is 0 Å². The molecular formula is C13H28Si. The highest BCUT2D eigenvalue weighted by Crippen LogP contribution is 2.16. The third-order valence-electron chi connectivity index (χ3n) is 2.44. The molecule has 84 valence electrons. The van der Waals surface area contributed by atoms with Crippen LogP contribution in [0.4, 0.5) is 0 Å². The molecule has 0 spiro atoms. The number of hydrogen-bond donors (Lipinski definition) is 0. The van der Waals surface area contributed by atoms with E-state index in [0.717, 1.165) is 0 Å². The van der Waals surface area contributed by atoms with Gasteiger partial charge in [-0.2, -0.15) is 0 Å². The van der Waals surface area contributed by atoms with Gasteiger partial charge >= 0.3 is 0 Å². The van der Waals surface area contributed by atoms with E-state index in [1.165, 1.54) is 38.5 Å². The van der Waals surface area contributed by atoms with Crippen LogP contribution in [0.5, 0.6) is 0 Å². The van der Waals surface area contributed by atoms with E-state index < -0.39 is 8.07 Å². The van der Waals surface area contributed by atoms with Crippen LogP contribution in [0.3, 0.4) is 0 Å². The third-order valence-corrected chi connectivity index (χ3v) is 3.72. The minimum absolute atomic E-state index is 0.972. The molecule has 1 heteroatoms. The predicted molar refractivity (Wildman–Crippen MR) is 70.5 cm³/mol. The second-order valence-corrected chi connectivity index (χ2v) is 10.4. The molecule has 0 unspecified atom stereocenters. The Bertz CT molecular complexity index is 163. The van der Waals surface area contributed by atoms with E-state index in [-0.39, 0.29) is 0 Å². The normalized spacial score (nSPS) is 13.4. The molecule has 0 atom stereocenters. The summed E-state index contributed by atoms with van der Waals surface area (Å²) in [5, 5.41) is 0. The van der Waals surface area contributed by atoms with Crippen LogP contribution in [0, 0.1) is 0 Å². The lowest BCUT2D eigenvalue weighted by atomic mass is 10.1. The number of allylic oxidation sites excluding steroid dienone is 1. The first-order valence-electron chi connectivity index (χ1n) is 6.20. The van der Waals surface area contributed by atoms with Crippen molar-refractivity contribution in [3.05, 3.63) is 11.3 Å². The van der Waals surface area contributed by atoms with Crippen molar-refractivity contribution in [1.82, 2.24) is 0 Å². The van der Waals surface area contributed by atoms with Crippen LogP contribution in [-0.2, 0) is 0 Å². The van der Waals surface area contributed by atoms with E-state index >= 15 is 0 Å². The maximum Gasteiger partial charge on any atom is 0.0686 e. The number of hydrogen-bond acceptors (Lipinski definition) is 0. The van der Waals surface area contributed by atoms with Crippen molar-refractivity contribution in [1.29, 1.82) is 0 Å². The highest BCUT2D eigenvalue weighted by atomic mass is 28.3. The Kier molecular flexibility index (Phi) is 7.25. The molecule has 0 aliphatic rings. The lowest BCUT2D eigenvalue weighted by Gasteiger charge is -2.13. The summed E-state index contributed by atoms with van der Waals surface area (Å²) in [4.78, 5) is 0. The van der Waals surface area contributed by atoms with Gasteiger partial charge in [-0.3, -0.25) is 0 Å². The summed E-state index contributed by atoms with van der Waals surface area (Å²) in [5.41, 5.74) is 4.30. The van der Waals surface area contributed by atoms with Gasteiger partial charge in [0.1, 0.15) is 0 Å². The quantitative estimate of drug-likeness (QED) is 0.403. The summed E-state index contributed by atoms with van der Waals surface area (Å²) in [6.45, 7) is 11.8. The zero-order chi connectivity index (χ0) is 11.0. The molecule has 0 saturated carbocycles. The van der Waals surface area contributed by atoms with Crippen molar-refractivity contribution in [2.45, 2.75) is 72.0 Å². The number of unbranched alkanes of at least 4 members (excludes halogenated alkanes) is 3. The first-order chi connectivity index (χ1) is 6.49. The summed E-state index contributed by atoms with van der Waals surface area (Å²) < 4.78 is 0. The molecule has 0 saturated heterocycles.